The topological polar surface area (TPSA) is 88.7 Å². The first-order chi connectivity index (χ1) is 14.4. The number of benzene rings is 2. The molecule has 0 bridgehead atoms. The van der Waals surface area contributed by atoms with Crippen LogP contribution in [0.1, 0.15) is 24.5 Å². The minimum absolute atomic E-state index is 0.101. The summed E-state index contributed by atoms with van der Waals surface area (Å²) in [6, 6.07) is 17.7. The van der Waals surface area contributed by atoms with Crippen LogP contribution in [0.3, 0.4) is 0 Å². The molecule has 0 saturated carbocycles. The molecule has 30 heavy (non-hydrogen) atoms. The lowest BCUT2D eigenvalue weighted by atomic mass is 9.95. The fourth-order valence-corrected chi connectivity index (χ4v) is 4.12. The molecule has 0 aliphatic carbocycles. The van der Waals surface area contributed by atoms with Gasteiger partial charge in [-0.3, -0.25) is 14.7 Å². The molecule has 1 aliphatic heterocycles. The number of aliphatic hydroxyl groups is 1. The number of fused-ring (bicyclic) bond motifs is 2. The van der Waals surface area contributed by atoms with Crippen molar-refractivity contribution in [1.29, 1.82) is 0 Å². The molecule has 156 valence electrons. The second kappa shape index (κ2) is 8.42. The highest BCUT2D eigenvalue weighted by atomic mass is 16.5. The molecule has 6 nitrogen and oxygen atoms in total. The average molecular weight is 405 g/mol. The van der Waals surface area contributed by atoms with E-state index in [2.05, 4.69) is 28.1 Å². The molecule has 3 aromatic rings. The van der Waals surface area contributed by atoms with Crippen LogP contribution in [0.25, 0.3) is 10.9 Å². The van der Waals surface area contributed by atoms with Gasteiger partial charge >= 0.3 is 0 Å². The summed E-state index contributed by atoms with van der Waals surface area (Å²) < 4.78 is 6.08. The number of carbonyl (C=O) groups excluding carboxylic acids is 1. The van der Waals surface area contributed by atoms with Crippen LogP contribution in [-0.2, 0) is 17.8 Å². The summed E-state index contributed by atoms with van der Waals surface area (Å²) in [5.74, 6) is -0.132. The molecule has 0 saturated heterocycles. The van der Waals surface area contributed by atoms with Gasteiger partial charge in [-0.15, -0.1) is 0 Å². The predicted molar refractivity (Wildman–Crippen MR) is 116 cm³/mol. The smallest absolute Gasteiger partial charge is 0.261 e. The fourth-order valence-electron chi connectivity index (χ4n) is 4.12. The Bertz CT molecular complexity index is 1050. The van der Waals surface area contributed by atoms with Crippen molar-refractivity contribution in [2.45, 2.75) is 38.0 Å². The van der Waals surface area contributed by atoms with Gasteiger partial charge < -0.3 is 15.6 Å². The van der Waals surface area contributed by atoms with E-state index in [1.807, 2.05) is 30.3 Å². The number of amides is 1. The van der Waals surface area contributed by atoms with Gasteiger partial charge in [-0.25, -0.2) is 0 Å². The molecule has 3 N–H and O–H groups in total. The zero-order valence-corrected chi connectivity index (χ0v) is 17.1. The molecule has 4 rings (SSSR count). The van der Waals surface area contributed by atoms with Crippen molar-refractivity contribution in [2.75, 3.05) is 13.1 Å². The number of rotatable bonds is 7. The summed E-state index contributed by atoms with van der Waals surface area (Å²) in [5.41, 5.74) is 7.65. The van der Waals surface area contributed by atoms with Gasteiger partial charge in [0, 0.05) is 37.6 Å². The normalized spacial score (nSPS) is 17.1. The number of aliphatic hydroxyl groups excluding tert-OH is 1. The zero-order chi connectivity index (χ0) is 21.1. The summed E-state index contributed by atoms with van der Waals surface area (Å²) in [7, 11) is 0. The van der Waals surface area contributed by atoms with Gasteiger partial charge in [-0.2, -0.15) is 0 Å². The lowest BCUT2D eigenvalue weighted by molar-refractivity contribution is -0.134. The molecule has 1 aromatic heterocycles. The van der Waals surface area contributed by atoms with Crippen molar-refractivity contribution in [3.8, 4) is 5.75 Å². The van der Waals surface area contributed by atoms with Crippen molar-refractivity contribution in [2.24, 2.45) is 5.73 Å². The highest BCUT2D eigenvalue weighted by Gasteiger charge is 2.37. The minimum Gasteiger partial charge on any atom is -0.475 e. The van der Waals surface area contributed by atoms with E-state index >= 15 is 0 Å². The first kappa shape index (κ1) is 20.3. The lowest BCUT2D eigenvalue weighted by Crippen LogP contribution is -2.50. The fraction of sp³-hybridized carbons (Fsp3) is 0.333. The Morgan fingerprint density at radius 3 is 2.77 bits per heavy atom. The van der Waals surface area contributed by atoms with Crippen molar-refractivity contribution < 1.29 is 14.6 Å². The third kappa shape index (κ3) is 4.30. The Hall–Kier alpha value is -2.96. The van der Waals surface area contributed by atoms with Crippen molar-refractivity contribution in [1.82, 2.24) is 9.88 Å². The molecule has 0 radical (unpaired) electrons. The number of β-amino-alcohol motifs (C(OH)–C–C–N with tert-alkyl or cyclic N) is 1. The van der Waals surface area contributed by atoms with Gasteiger partial charge in [-0.1, -0.05) is 42.5 Å². The maximum Gasteiger partial charge on any atom is 0.261 e. The van der Waals surface area contributed by atoms with E-state index in [0.29, 0.717) is 17.8 Å². The van der Waals surface area contributed by atoms with Crippen molar-refractivity contribution in [3.63, 3.8) is 0 Å². The van der Waals surface area contributed by atoms with E-state index in [0.717, 1.165) is 24.9 Å². The molecule has 0 spiro atoms. The van der Waals surface area contributed by atoms with Gasteiger partial charge in [0.15, 0.2) is 5.60 Å². The monoisotopic (exact) mass is 405 g/mol. The molecular formula is C24H27N3O3. The van der Waals surface area contributed by atoms with E-state index < -0.39 is 17.6 Å². The van der Waals surface area contributed by atoms with E-state index in [4.69, 9.17) is 10.5 Å². The Kier molecular flexibility index (Phi) is 5.70. The quantitative estimate of drug-likeness (QED) is 0.631. The number of ether oxygens (including phenoxy) is 1. The molecule has 2 atom stereocenters. The second-order valence-corrected chi connectivity index (χ2v) is 8.14. The van der Waals surface area contributed by atoms with Gasteiger partial charge in [0.25, 0.3) is 5.91 Å². The van der Waals surface area contributed by atoms with Crippen LogP contribution in [0.5, 0.6) is 5.75 Å². The van der Waals surface area contributed by atoms with Crippen LogP contribution in [0.15, 0.2) is 60.8 Å². The number of pyridine rings is 1. The summed E-state index contributed by atoms with van der Waals surface area (Å²) in [6.45, 7) is 3.74. The van der Waals surface area contributed by atoms with Crippen LogP contribution in [0.2, 0.25) is 0 Å². The van der Waals surface area contributed by atoms with Crippen LogP contribution < -0.4 is 10.5 Å². The average Bonchev–Trinajstić information content (AvgIpc) is 2.73. The second-order valence-electron chi connectivity index (χ2n) is 8.14. The third-order valence-corrected chi connectivity index (χ3v) is 5.76. The van der Waals surface area contributed by atoms with Crippen LogP contribution >= 0.6 is 0 Å². The Labute approximate surface area is 176 Å². The van der Waals surface area contributed by atoms with Crippen LogP contribution in [0.4, 0.5) is 0 Å². The lowest BCUT2D eigenvalue weighted by Gasteiger charge is -2.34. The predicted octanol–water partition coefficient (Wildman–Crippen LogP) is 2.67. The summed E-state index contributed by atoms with van der Waals surface area (Å²) in [5, 5.41) is 11.7. The molecular weight excluding hydrogens is 378 g/mol. The Balaban J connectivity index is 1.47. The molecule has 0 fully saturated rings. The molecule has 1 aliphatic rings. The molecule has 1 unspecified atom stereocenters. The van der Waals surface area contributed by atoms with Crippen LogP contribution in [-0.4, -0.2) is 45.7 Å². The van der Waals surface area contributed by atoms with E-state index in [9.17, 15) is 9.90 Å². The number of carbonyl (C=O) groups is 1. The molecule has 2 aromatic carbocycles. The van der Waals surface area contributed by atoms with Crippen molar-refractivity contribution >= 4 is 16.8 Å². The van der Waals surface area contributed by atoms with Gasteiger partial charge in [-0.05, 0) is 36.6 Å². The molecule has 6 heteroatoms. The van der Waals surface area contributed by atoms with Gasteiger partial charge in [0.2, 0.25) is 0 Å². The van der Waals surface area contributed by atoms with Gasteiger partial charge in [0.05, 0.1) is 6.10 Å². The largest absolute Gasteiger partial charge is 0.475 e. The number of aromatic nitrogens is 1. The summed E-state index contributed by atoms with van der Waals surface area (Å²) >= 11 is 0. The third-order valence-electron chi connectivity index (χ3n) is 5.76. The van der Waals surface area contributed by atoms with E-state index in [1.165, 1.54) is 11.1 Å². The first-order valence-electron chi connectivity index (χ1n) is 10.2. The Morgan fingerprint density at radius 1 is 1.20 bits per heavy atom. The van der Waals surface area contributed by atoms with E-state index in [-0.39, 0.29) is 6.42 Å². The highest BCUT2D eigenvalue weighted by molar-refractivity contribution is 5.87. The maximum atomic E-state index is 12.3. The highest BCUT2D eigenvalue weighted by Crippen LogP contribution is 2.29. The number of nitrogens with two attached hydrogens (primary N) is 1. The number of para-hydroxylation sites is 1. The maximum absolute atomic E-state index is 12.3. The zero-order valence-electron chi connectivity index (χ0n) is 17.1. The number of hydrogen-bond donors (Lipinski definition) is 2. The van der Waals surface area contributed by atoms with Crippen molar-refractivity contribution in [3.05, 3.63) is 71.9 Å². The molecule has 1 amide bonds. The summed E-state index contributed by atoms with van der Waals surface area (Å²) in [4.78, 5) is 18.9. The molecule has 2 heterocycles. The number of nitrogens with zero attached hydrogens (tertiary/aromatic N) is 2. The van der Waals surface area contributed by atoms with E-state index in [1.54, 1.807) is 19.2 Å². The first-order valence-corrected chi connectivity index (χ1v) is 10.2. The van der Waals surface area contributed by atoms with Crippen LogP contribution in [0, 0.1) is 0 Å². The van der Waals surface area contributed by atoms with Gasteiger partial charge in [0.1, 0.15) is 11.3 Å². The number of primary amides is 1. The minimum atomic E-state index is -1.35. The number of hydrogen-bond acceptors (Lipinski definition) is 5. The summed E-state index contributed by atoms with van der Waals surface area (Å²) in [6.07, 6.45) is 1.98. The SMILES string of the molecule is CC(C[C@H](O)CN1CCc2ccccc2C1)(Oc1cccc2cccnc12)C(N)=O. The standard InChI is InChI=1S/C24H27N3O3/c1-24(23(25)29,30-21-10-4-8-18-9-5-12-26-22(18)21)14-20(28)16-27-13-11-17-6-2-3-7-19(17)15-27/h2-10,12,20,28H,11,13-16H2,1H3,(H2,25,29)/t20-,24?/m0/s1. The Morgan fingerprint density at radius 2 is 1.97 bits per heavy atom.